The van der Waals surface area contributed by atoms with Gasteiger partial charge < -0.3 is 10.1 Å². The van der Waals surface area contributed by atoms with Gasteiger partial charge in [-0.25, -0.2) is 0 Å². The van der Waals surface area contributed by atoms with Crippen LogP contribution in [-0.2, 0) is 4.74 Å². The van der Waals surface area contributed by atoms with Crippen molar-refractivity contribution in [3.8, 4) is 0 Å². The SMILES string of the molecule is COC1CCCC(NC(C)c2cc(C)ccc2C)C1. The van der Waals surface area contributed by atoms with Gasteiger partial charge in [0.2, 0.25) is 0 Å². The summed E-state index contributed by atoms with van der Waals surface area (Å²) in [6, 6.07) is 7.73. The molecule has 0 aromatic heterocycles. The van der Waals surface area contributed by atoms with E-state index in [0.29, 0.717) is 18.2 Å². The van der Waals surface area contributed by atoms with Gasteiger partial charge in [0, 0.05) is 19.2 Å². The summed E-state index contributed by atoms with van der Waals surface area (Å²) in [5.74, 6) is 0. The van der Waals surface area contributed by atoms with Gasteiger partial charge in [-0.15, -0.1) is 0 Å². The van der Waals surface area contributed by atoms with Crippen LogP contribution in [0.3, 0.4) is 0 Å². The second-order valence-corrected chi connectivity index (χ2v) is 5.97. The Balaban J connectivity index is 2.00. The van der Waals surface area contributed by atoms with Crippen LogP contribution < -0.4 is 5.32 Å². The molecule has 1 fully saturated rings. The molecule has 0 heterocycles. The summed E-state index contributed by atoms with van der Waals surface area (Å²) in [6.45, 7) is 6.64. The van der Waals surface area contributed by atoms with Crippen LogP contribution >= 0.6 is 0 Å². The average molecular weight is 261 g/mol. The molecule has 0 bridgehead atoms. The lowest BCUT2D eigenvalue weighted by molar-refractivity contribution is 0.0572. The average Bonchev–Trinajstić information content (AvgIpc) is 2.41. The minimum Gasteiger partial charge on any atom is -0.381 e. The minimum absolute atomic E-state index is 0.417. The van der Waals surface area contributed by atoms with Gasteiger partial charge in [0.1, 0.15) is 0 Å². The van der Waals surface area contributed by atoms with E-state index in [1.54, 1.807) is 0 Å². The van der Waals surface area contributed by atoms with Crippen LogP contribution in [0.2, 0.25) is 0 Å². The molecule has 0 saturated heterocycles. The number of methoxy groups -OCH3 is 1. The van der Waals surface area contributed by atoms with E-state index in [-0.39, 0.29) is 0 Å². The molecule has 1 saturated carbocycles. The monoisotopic (exact) mass is 261 g/mol. The number of hydrogen-bond donors (Lipinski definition) is 1. The van der Waals surface area contributed by atoms with Crippen LogP contribution in [0.25, 0.3) is 0 Å². The van der Waals surface area contributed by atoms with Gasteiger partial charge in [-0.3, -0.25) is 0 Å². The Morgan fingerprint density at radius 1 is 1.26 bits per heavy atom. The summed E-state index contributed by atoms with van der Waals surface area (Å²) in [5.41, 5.74) is 4.15. The Hall–Kier alpha value is -0.860. The van der Waals surface area contributed by atoms with E-state index in [1.165, 1.54) is 36.0 Å². The normalized spacial score (nSPS) is 25.3. The van der Waals surface area contributed by atoms with Crippen molar-refractivity contribution in [1.29, 1.82) is 0 Å². The molecule has 2 nitrogen and oxygen atoms in total. The van der Waals surface area contributed by atoms with Crippen molar-refractivity contribution in [2.45, 2.75) is 64.6 Å². The molecule has 1 aromatic carbocycles. The molecule has 3 unspecified atom stereocenters. The zero-order valence-corrected chi connectivity index (χ0v) is 12.7. The maximum Gasteiger partial charge on any atom is 0.0586 e. The standard InChI is InChI=1S/C17H27NO/c1-12-8-9-13(2)17(10-12)14(3)18-15-6-5-7-16(11-15)19-4/h8-10,14-16,18H,5-7,11H2,1-4H3. The molecule has 3 atom stereocenters. The number of benzene rings is 1. The summed E-state index contributed by atoms with van der Waals surface area (Å²) in [7, 11) is 1.83. The molecule has 106 valence electrons. The summed E-state index contributed by atoms with van der Waals surface area (Å²) in [5, 5.41) is 3.79. The summed E-state index contributed by atoms with van der Waals surface area (Å²) in [6.07, 6.45) is 5.35. The van der Waals surface area contributed by atoms with Crippen molar-refractivity contribution in [2.24, 2.45) is 0 Å². The molecule has 0 spiro atoms. The predicted octanol–water partition coefficient (Wildman–Crippen LogP) is 3.91. The molecular formula is C17H27NO. The largest absolute Gasteiger partial charge is 0.381 e. The molecule has 1 aliphatic carbocycles. The lowest BCUT2D eigenvalue weighted by Gasteiger charge is -2.31. The van der Waals surface area contributed by atoms with Gasteiger partial charge in [-0.2, -0.15) is 0 Å². The molecule has 0 amide bonds. The second-order valence-electron chi connectivity index (χ2n) is 5.97. The Morgan fingerprint density at radius 3 is 2.79 bits per heavy atom. The summed E-state index contributed by atoms with van der Waals surface area (Å²) in [4.78, 5) is 0. The lowest BCUT2D eigenvalue weighted by atomic mass is 9.91. The zero-order chi connectivity index (χ0) is 13.8. The maximum absolute atomic E-state index is 5.51. The number of aryl methyl sites for hydroxylation is 2. The highest BCUT2D eigenvalue weighted by atomic mass is 16.5. The predicted molar refractivity (Wildman–Crippen MR) is 80.5 cm³/mol. The van der Waals surface area contributed by atoms with Crippen LogP contribution in [0.5, 0.6) is 0 Å². The minimum atomic E-state index is 0.417. The van der Waals surface area contributed by atoms with Crippen LogP contribution in [0.15, 0.2) is 18.2 Å². The summed E-state index contributed by atoms with van der Waals surface area (Å²) >= 11 is 0. The number of nitrogens with one attached hydrogen (secondary N) is 1. The topological polar surface area (TPSA) is 21.3 Å². The van der Waals surface area contributed by atoms with Gasteiger partial charge in [-0.1, -0.05) is 23.8 Å². The van der Waals surface area contributed by atoms with Crippen LogP contribution in [0, 0.1) is 13.8 Å². The van der Waals surface area contributed by atoms with Gasteiger partial charge in [0.05, 0.1) is 6.10 Å². The van der Waals surface area contributed by atoms with Crippen molar-refractivity contribution in [3.63, 3.8) is 0 Å². The Kier molecular flexibility index (Phi) is 5.00. The third-order valence-electron chi connectivity index (χ3n) is 4.35. The number of hydrogen-bond acceptors (Lipinski definition) is 2. The highest BCUT2D eigenvalue weighted by Crippen LogP contribution is 2.25. The zero-order valence-electron chi connectivity index (χ0n) is 12.7. The number of ether oxygens (including phenoxy) is 1. The first-order chi connectivity index (χ1) is 9.10. The third-order valence-corrected chi connectivity index (χ3v) is 4.35. The van der Waals surface area contributed by atoms with Crippen LogP contribution in [0.1, 0.15) is 55.3 Å². The number of rotatable bonds is 4. The van der Waals surface area contributed by atoms with Gasteiger partial charge in [0.15, 0.2) is 0 Å². The van der Waals surface area contributed by atoms with E-state index in [0.717, 1.165) is 6.42 Å². The van der Waals surface area contributed by atoms with E-state index in [1.807, 2.05) is 7.11 Å². The van der Waals surface area contributed by atoms with Crippen molar-refractivity contribution >= 4 is 0 Å². The van der Waals surface area contributed by atoms with Gasteiger partial charge >= 0.3 is 0 Å². The molecule has 19 heavy (non-hydrogen) atoms. The van der Waals surface area contributed by atoms with E-state index >= 15 is 0 Å². The lowest BCUT2D eigenvalue weighted by Crippen LogP contribution is -2.38. The van der Waals surface area contributed by atoms with E-state index in [4.69, 9.17) is 4.74 Å². The molecule has 0 aliphatic heterocycles. The first kappa shape index (κ1) is 14.5. The summed E-state index contributed by atoms with van der Waals surface area (Å²) < 4.78 is 5.51. The van der Waals surface area contributed by atoms with Gasteiger partial charge in [0.25, 0.3) is 0 Å². The van der Waals surface area contributed by atoms with Crippen molar-refractivity contribution in [1.82, 2.24) is 5.32 Å². The first-order valence-electron chi connectivity index (χ1n) is 7.46. The van der Waals surface area contributed by atoms with Gasteiger partial charge in [-0.05, 0) is 57.6 Å². The van der Waals surface area contributed by atoms with Crippen LogP contribution in [-0.4, -0.2) is 19.3 Å². The van der Waals surface area contributed by atoms with E-state index < -0.39 is 0 Å². The highest BCUT2D eigenvalue weighted by Gasteiger charge is 2.23. The van der Waals surface area contributed by atoms with Crippen molar-refractivity contribution < 1.29 is 4.74 Å². The Morgan fingerprint density at radius 2 is 2.05 bits per heavy atom. The van der Waals surface area contributed by atoms with E-state index in [2.05, 4.69) is 44.3 Å². The van der Waals surface area contributed by atoms with E-state index in [9.17, 15) is 0 Å². The second kappa shape index (κ2) is 6.53. The molecule has 2 rings (SSSR count). The fourth-order valence-electron chi connectivity index (χ4n) is 3.18. The molecule has 1 N–H and O–H groups in total. The molecule has 1 aliphatic rings. The quantitative estimate of drug-likeness (QED) is 0.887. The first-order valence-corrected chi connectivity index (χ1v) is 7.46. The molecule has 2 heteroatoms. The fraction of sp³-hybridized carbons (Fsp3) is 0.647. The maximum atomic E-state index is 5.51. The molecule has 1 aromatic rings. The highest BCUT2D eigenvalue weighted by molar-refractivity contribution is 5.32. The smallest absolute Gasteiger partial charge is 0.0586 e. The van der Waals surface area contributed by atoms with Crippen molar-refractivity contribution in [2.75, 3.05) is 7.11 Å². The third kappa shape index (κ3) is 3.80. The van der Waals surface area contributed by atoms with Crippen LogP contribution in [0.4, 0.5) is 0 Å². The fourth-order valence-corrected chi connectivity index (χ4v) is 3.18. The van der Waals surface area contributed by atoms with Crippen molar-refractivity contribution in [3.05, 3.63) is 34.9 Å². The Labute approximate surface area is 117 Å². The Bertz CT molecular complexity index is 416. The molecular weight excluding hydrogens is 234 g/mol. The molecule has 0 radical (unpaired) electrons.